The predicted octanol–water partition coefficient (Wildman–Crippen LogP) is 0.651. The predicted molar refractivity (Wildman–Crippen MR) is 70.6 cm³/mol. The van der Waals surface area contributed by atoms with Gasteiger partial charge in [-0.2, -0.15) is 0 Å². The van der Waals surface area contributed by atoms with E-state index in [9.17, 15) is 4.79 Å². The molecule has 2 atom stereocenters. The molecule has 2 fully saturated rings. The number of rotatable bonds is 4. The van der Waals surface area contributed by atoms with Crippen molar-refractivity contribution < 1.29 is 14.3 Å². The average Bonchev–Trinajstić information content (AvgIpc) is 2.89. The lowest BCUT2D eigenvalue weighted by Crippen LogP contribution is -2.32. The van der Waals surface area contributed by atoms with Crippen molar-refractivity contribution in [3.8, 4) is 11.5 Å². The molecule has 1 aromatic rings. The molecule has 1 aromatic carbocycles. The molecular formula is C14H18N2O3. The van der Waals surface area contributed by atoms with E-state index in [1.54, 1.807) is 26.4 Å². The van der Waals surface area contributed by atoms with Crippen LogP contribution >= 0.6 is 0 Å². The van der Waals surface area contributed by atoms with Gasteiger partial charge in [-0.3, -0.25) is 4.79 Å². The van der Waals surface area contributed by atoms with Crippen LogP contribution in [0.3, 0.4) is 0 Å². The van der Waals surface area contributed by atoms with Crippen molar-refractivity contribution in [2.75, 3.05) is 27.3 Å². The van der Waals surface area contributed by atoms with Crippen molar-refractivity contribution in [1.82, 2.24) is 10.6 Å². The number of carbonyl (C=O) groups is 1. The molecule has 2 aliphatic rings. The largest absolute Gasteiger partial charge is 0.496 e. The molecule has 0 aromatic heterocycles. The standard InChI is InChI=1S/C14H18N2O3/c1-18-10-4-3-5-11(19-2)12(10)14(17)16-13-8-6-15-7-9(8)13/h3-5,8-9,13,15H,6-7H2,1-2H3,(H,16,17). The summed E-state index contributed by atoms with van der Waals surface area (Å²) in [6, 6.07) is 5.65. The van der Waals surface area contributed by atoms with Gasteiger partial charge in [-0.1, -0.05) is 6.07 Å². The van der Waals surface area contributed by atoms with Gasteiger partial charge in [-0.25, -0.2) is 0 Å². The fourth-order valence-corrected chi connectivity index (χ4v) is 2.93. The summed E-state index contributed by atoms with van der Waals surface area (Å²) in [6.07, 6.45) is 0. The van der Waals surface area contributed by atoms with Crippen molar-refractivity contribution in [2.45, 2.75) is 6.04 Å². The first-order chi connectivity index (χ1) is 9.26. The van der Waals surface area contributed by atoms with E-state index < -0.39 is 0 Å². The van der Waals surface area contributed by atoms with Crippen LogP contribution < -0.4 is 20.1 Å². The fraction of sp³-hybridized carbons (Fsp3) is 0.500. The smallest absolute Gasteiger partial charge is 0.259 e. The normalized spacial score (nSPS) is 27.6. The monoisotopic (exact) mass is 262 g/mol. The average molecular weight is 262 g/mol. The van der Waals surface area contributed by atoms with Gasteiger partial charge < -0.3 is 20.1 Å². The van der Waals surface area contributed by atoms with Gasteiger partial charge in [0.25, 0.3) is 5.91 Å². The van der Waals surface area contributed by atoms with E-state index >= 15 is 0 Å². The fourth-order valence-electron chi connectivity index (χ4n) is 2.93. The molecule has 2 N–H and O–H groups in total. The summed E-state index contributed by atoms with van der Waals surface area (Å²) >= 11 is 0. The first-order valence-electron chi connectivity index (χ1n) is 6.49. The highest BCUT2D eigenvalue weighted by Crippen LogP contribution is 2.42. The quantitative estimate of drug-likeness (QED) is 0.836. The Morgan fingerprint density at radius 3 is 2.32 bits per heavy atom. The highest BCUT2D eigenvalue weighted by molar-refractivity contribution is 6.00. The molecule has 0 radical (unpaired) electrons. The molecule has 2 unspecified atom stereocenters. The minimum Gasteiger partial charge on any atom is -0.496 e. The van der Waals surface area contributed by atoms with E-state index in [0.29, 0.717) is 34.9 Å². The highest BCUT2D eigenvalue weighted by Gasteiger charge is 2.53. The minimum absolute atomic E-state index is 0.117. The first kappa shape index (κ1) is 12.3. The number of nitrogens with one attached hydrogen (secondary N) is 2. The molecule has 1 saturated heterocycles. The lowest BCUT2D eigenvalue weighted by Gasteiger charge is -2.13. The molecule has 1 amide bonds. The third-order valence-corrected chi connectivity index (χ3v) is 4.04. The molecular weight excluding hydrogens is 244 g/mol. The van der Waals surface area contributed by atoms with Gasteiger partial charge in [0.1, 0.15) is 17.1 Å². The van der Waals surface area contributed by atoms with Crippen LogP contribution in [0.15, 0.2) is 18.2 Å². The summed E-state index contributed by atoms with van der Waals surface area (Å²) in [6.45, 7) is 2.00. The maximum atomic E-state index is 12.4. The topological polar surface area (TPSA) is 59.6 Å². The Morgan fingerprint density at radius 2 is 1.79 bits per heavy atom. The summed E-state index contributed by atoms with van der Waals surface area (Å²) in [5, 5.41) is 6.39. The maximum Gasteiger partial charge on any atom is 0.259 e. The van der Waals surface area contributed by atoms with Gasteiger partial charge in [0.2, 0.25) is 0 Å². The van der Waals surface area contributed by atoms with Crippen LogP contribution in [0.1, 0.15) is 10.4 Å². The molecule has 5 heteroatoms. The van der Waals surface area contributed by atoms with Crippen molar-refractivity contribution in [3.05, 3.63) is 23.8 Å². The maximum absolute atomic E-state index is 12.4. The van der Waals surface area contributed by atoms with Crippen LogP contribution in [0, 0.1) is 11.8 Å². The van der Waals surface area contributed by atoms with Gasteiger partial charge in [-0.15, -0.1) is 0 Å². The van der Waals surface area contributed by atoms with Crippen molar-refractivity contribution >= 4 is 5.91 Å². The molecule has 0 bridgehead atoms. The number of fused-ring (bicyclic) bond motifs is 1. The van der Waals surface area contributed by atoms with Crippen LogP contribution in [0.4, 0.5) is 0 Å². The zero-order chi connectivity index (χ0) is 13.4. The summed E-state index contributed by atoms with van der Waals surface area (Å²) in [7, 11) is 3.11. The number of hydrogen-bond acceptors (Lipinski definition) is 4. The number of piperidine rings is 1. The molecule has 102 valence electrons. The van der Waals surface area contributed by atoms with Crippen LogP contribution in [0.25, 0.3) is 0 Å². The second-order valence-corrected chi connectivity index (χ2v) is 5.02. The Balaban J connectivity index is 1.79. The van der Waals surface area contributed by atoms with Crippen molar-refractivity contribution in [1.29, 1.82) is 0 Å². The summed E-state index contributed by atoms with van der Waals surface area (Å²) < 4.78 is 10.5. The van der Waals surface area contributed by atoms with Crippen LogP contribution in [0.2, 0.25) is 0 Å². The van der Waals surface area contributed by atoms with E-state index in [1.807, 2.05) is 6.07 Å². The third-order valence-electron chi connectivity index (χ3n) is 4.04. The second-order valence-electron chi connectivity index (χ2n) is 5.02. The summed E-state index contributed by atoms with van der Waals surface area (Å²) in [4.78, 5) is 12.4. The summed E-state index contributed by atoms with van der Waals surface area (Å²) in [5.74, 6) is 2.14. The SMILES string of the molecule is COc1cccc(OC)c1C(=O)NC1C2CNCC21. The van der Waals surface area contributed by atoms with E-state index in [2.05, 4.69) is 10.6 Å². The molecule has 0 spiro atoms. The molecule has 1 aliphatic carbocycles. The lowest BCUT2D eigenvalue weighted by molar-refractivity contribution is 0.0940. The van der Waals surface area contributed by atoms with Gasteiger partial charge in [0, 0.05) is 19.1 Å². The number of carbonyl (C=O) groups excluding carboxylic acids is 1. The Bertz CT molecular complexity index is 471. The number of amides is 1. The van der Waals surface area contributed by atoms with Gasteiger partial charge in [-0.05, 0) is 24.0 Å². The van der Waals surface area contributed by atoms with Crippen molar-refractivity contribution in [2.24, 2.45) is 11.8 Å². The molecule has 5 nitrogen and oxygen atoms in total. The Labute approximate surface area is 112 Å². The first-order valence-corrected chi connectivity index (χ1v) is 6.49. The lowest BCUT2D eigenvalue weighted by atomic mass is 10.1. The van der Waals surface area contributed by atoms with Gasteiger partial charge >= 0.3 is 0 Å². The van der Waals surface area contributed by atoms with E-state index in [1.165, 1.54) is 0 Å². The Kier molecular flexibility index (Phi) is 3.06. The van der Waals surface area contributed by atoms with E-state index in [4.69, 9.17) is 9.47 Å². The molecule has 19 heavy (non-hydrogen) atoms. The van der Waals surface area contributed by atoms with Crippen molar-refractivity contribution in [3.63, 3.8) is 0 Å². The van der Waals surface area contributed by atoms with Gasteiger partial charge in [0.05, 0.1) is 14.2 Å². The number of methoxy groups -OCH3 is 2. The third kappa shape index (κ3) is 2.04. The van der Waals surface area contributed by atoms with Crippen LogP contribution in [0.5, 0.6) is 11.5 Å². The summed E-state index contributed by atoms with van der Waals surface area (Å²) in [5.41, 5.74) is 0.477. The zero-order valence-electron chi connectivity index (χ0n) is 11.1. The molecule has 1 aliphatic heterocycles. The molecule has 1 saturated carbocycles. The number of hydrogen-bond donors (Lipinski definition) is 2. The molecule has 1 heterocycles. The Morgan fingerprint density at radius 1 is 1.21 bits per heavy atom. The number of benzene rings is 1. The van der Waals surface area contributed by atoms with Crippen LogP contribution in [-0.2, 0) is 0 Å². The second kappa shape index (κ2) is 4.74. The van der Waals surface area contributed by atoms with Crippen LogP contribution in [-0.4, -0.2) is 39.3 Å². The Hall–Kier alpha value is -1.75. The highest BCUT2D eigenvalue weighted by atomic mass is 16.5. The van der Waals surface area contributed by atoms with E-state index in [0.717, 1.165) is 13.1 Å². The van der Waals surface area contributed by atoms with E-state index in [-0.39, 0.29) is 5.91 Å². The minimum atomic E-state index is -0.117. The van der Waals surface area contributed by atoms with Gasteiger partial charge in [0.15, 0.2) is 0 Å². The number of ether oxygens (including phenoxy) is 2. The molecule has 3 rings (SSSR count). The zero-order valence-corrected chi connectivity index (χ0v) is 11.1.